The first-order valence-electron chi connectivity index (χ1n) is 5.57. The molecule has 3 heteroatoms. The van der Waals surface area contributed by atoms with Crippen LogP contribution in [0.4, 0.5) is 0 Å². The Morgan fingerprint density at radius 2 is 2.00 bits per heavy atom. The van der Waals surface area contributed by atoms with E-state index < -0.39 is 0 Å². The molecule has 1 heterocycles. The second-order valence-electron chi connectivity index (χ2n) is 4.45. The number of Topliss-reactive ketones (excluding diaryl/α,β-unsaturated/α-hetero) is 1. The van der Waals surface area contributed by atoms with Crippen LogP contribution in [0, 0.1) is 13.8 Å². The van der Waals surface area contributed by atoms with Gasteiger partial charge in [-0.15, -0.1) is 6.58 Å². The molecular weight excluding hydrogens is 200 g/mol. The summed E-state index contributed by atoms with van der Waals surface area (Å²) in [7, 11) is 1.91. The average Bonchev–Trinajstić information content (AvgIpc) is 2.42. The van der Waals surface area contributed by atoms with Crippen LogP contribution in [0.15, 0.2) is 12.2 Å². The lowest BCUT2D eigenvalue weighted by Gasteiger charge is -2.02. The first-order chi connectivity index (χ1) is 7.41. The highest BCUT2D eigenvalue weighted by Crippen LogP contribution is 2.14. The van der Waals surface area contributed by atoms with E-state index in [0.29, 0.717) is 12.8 Å². The summed E-state index contributed by atoms with van der Waals surface area (Å²) in [5.41, 5.74) is 4.19. The highest BCUT2D eigenvalue weighted by Gasteiger charge is 2.13. The molecule has 0 aliphatic carbocycles. The standard InChI is InChI=1S/C13H20N2O/c1-9(2)6-7-12(16)8-13-10(3)14-15(5)11(13)4/h1,6-8H2,2-5H3. The molecule has 0 saturated carbocycles. The zero-order valence-electron chi connectivity index (χ0n) is 10.6. The van der Waals surface area contributed by atoms with Crippen LogP contribution < -0.4 is 0 Å². The number of ketones is 1. The third kappa shape index (κ3) is 3.05. The maximum Gasteiger partial charge on any atom is 0.137 e. The number of aromatic nitrogens is 2. The molecule has 0 aliphatic heterocycles. The maximum atomic E-state index is 11.8. The molecule has 1 aromatic rings. The third-order valence-electron chi connectivity index (χ3n) is 2.86. The van der Waals surface area contributed by atoms with E-state index in [1.54, 1.807) is 0 Å². The Labute approximate surface area is 97.2 Å². The van der Waals surface area contributed by atoms with Gasteiger partial charge < -0.3 is 0 Å². The molecule has 0 aliphatic rings. The molecule has 0 atom stereocenters. The summed E-state index contributed by atoms with van der Waals surface area (Å²) >= 11 is 0. The lowest BCUT2D eigenvalue weighted by molar-refractivity contribution is -0.118. The molecule has 0 saturated heterocycles. The van der Waals surface area contributed by atoms with Crippen molar-refractivity contribution in [2.24, 2.45) is 7.05 Å². The Bertz CT molecular complexity index is 416. The van der Waals surface area contributed by atoms with Gasteiger partial charge in [0.1, 0.15) is 5.78 Å². The fourth-order valence-corrected chi connectivity index (χ4v) is 1.71. The van der Waals surface area contributed by atoms with Crippen molar-refractivity contribution >= 4 is 5.78 Å². The molecule has 0 fully saturated rings. The van der Waals surface area contributed by atoms with Crippen molar-refractivity contribution in [2.75, 3.05) is 0 Å². The van der Waals surface area contributed by atoms with Gasteiger partial charge in [-0.25, -0.2) is 0 Å². The predicted octanol–water partition coefficient (Wildman–Crippen LogP) is 2.50. The summed E-state index contributed by atoms with van der Waals surface area (Å²) < 4.78 is 1.83. The lowest BCUT2D eigenvalue weighted by Crippen LogP contribution is -2.04. The Morgan fingerprint density at radius 3 is 2.44 bits per heavy atom. The molecule has 0 radical (unpaired) electrons. The largest absolute Gasteiger partial charge is 0.299 e. The molecule has 0 N–H and O–H groups in total. The summed E-state index contributed by atoms with van der Waals surface area (Å²) in [6.07, 6.45) is 1.87. The zero-order valence-corrected chi connectivity index (χ0v) is 10.6. The van der Waals surface area contributed by atoms with Crippen molar-refractivity contribution in [1.82, 2.24) is 9.78 Å². The minimum Gasteiger partial charge on any atom is -0.299 e. The van der Waals surface area contributed by atoms with Crippen LogP contribution in [-0.4, -0.2) is 15.6 Å². The van der Waals surface area contributed by atoms with Gasteiger partial charge in [0.15, 0.2) is 0 Å². The average molecular weight is 220 g/mol. The smallest absolute Gasteiger partial charge is 0.137 e. The normalized spacial score (nSPS) is 10.5. The molecular formula is C13H20N2O. The predicted molar refractivity (Wildman–Crippen MR) is 65.4 cm³/mol. The minimum absolute atomic E-state index is 0.266. The van der Waals surface area contributed by atoms with Gasteiger partial charge >= 0.3 is 0 Å². The Morgan fingerprint density at radius 1 is 1.38 bits per heavy atom. The molecule has 3 nitrogen and oxygen atoms in total. The van der Waals surface area contributed by atoms with Gasteiger partial charge in [0.25, 0.3) is 0 Å². The van der Waals surface area contributed by atoms with E-state index in [2.05, 4.69) is 11.7 Å². The van der Waals surface area contributed by atoms with Crippen LogP contribution in [-0.2, 0) is 18.3 Å². The van der Waals surface area contributed by atoms with Crippen LogP contribution in [0.2, 0.25) is 0 Å². The summed E-state index contributed by atoms with van der Waals surface area (Å²) in [5, 5.41) is 4.31. The summed E-state index contributed by atoms with van der Waals surface area (Å²) in [6, 6.07) is 0. The van der Waals surface area contributed by atoms with Crippen molar-refractivity contribution in [3.63, 3.8) is 0 Å². The van der Waals surface area contributed by atoms with Crippen LogP contribution in [0.1, 0.15) is 36.7 Å². The molecule has 1 rings (SSSR count). The summed E-state index contributed by atoms with van der Waals surface area (Å²) in [6.45, 7) is 9.71. The van der Waals surface area contributed by atoms with Gasteiger partial charge in [-0.05, 0) is 27.2 Å². The summed E-state index contributed by atoms with van der Waals surface area (Å²) in [5.74, 6) is 0.266. The fourth-order valence-electron chi connectivity index (χ4n) is 1.71. The molecule has 0 bridgehead atoms. The van der Waals surface area contributed by atoms with Crippen molar-refractivity contribution in [3.05, 3.63) is 29.1 Å². The van der Waals surface area contributed by atoms with Crippen LogP contribution in [0.3, 0.4) is 0 Å². The number of hydrogen-bond donors (Lipinski definition) is 0. The summed E-state index contributed by atoms with van der Waals surface area (Å²) in [4.78, 5) is 11.8. The van der Waals surface area contributed by atoms with Gasteiger partial charge in [-0.2, -0.15) is 5.10 Å². The molecule has 0 aromatic carbocycles. The molecule has 0 amide bonds. The Balaban J connectivity index is 2.66. The first-order valence-corrected chi connectivity index (χ1v) is 5.57. The van der Waals surface area contributed by atoms with Crippen LogP contribution in [0.5, 0.6) is 0 Å². The molecule has 16 heavy (non-hydrogen) atoms. The SMILES string of the molecule is C=C(C)CCC(=O)Cc1c(C)nn(C)c1C. The number of carbonyl (C=O) groups is 1. The monoisotopic (exact) mass is 220 g/mol. The number of allylic oxidation sites excluding steroid dienone is 1. The molecule has 1 aromatic heterocycles. The van der Waals surface area contributed by atoms with Crippen LogP contribution >= 0.6 is 0 Å². The maximum absolute atomic E-state index is 11.8. The van der Waals surface area contributed by atoms with Gasteiger partial charge in [-0.1, -0.05) is 5.57 Å². The van der Waals surface area contributed by atoms with Crippen LogP contribution in [0.25, 0.3) is 0 Å². The zero-order chi connectivity index (χ0) is 12.3. The second kappa shape index (κ2) is 5.10. The molecule has 0 spiro atoms. The Hall–Kier alpha value is -1.38. The fraction of sp³-hybridized carbons (Fsp3) is 0.538. The number of rotatable bonds is 5. The third-order valence-corrected chi connectivity index (χ3v) is 2.86. The lowest BCUT2D eigenvalue weighted by atomic mass is 10.0. The quantitative estimate of drug-likeness (QED) is 0.715. The number of carbonyl (C=O) groups excluding carboxylic acids is 1. The first kappa shape index (κ1) is 12.7. The van der Waals surface area contributed by atoms with Gasteiger partial charge in [0.2, 0.25) is 0 Å². The van der Waals surface area contributed by atoms with Gasteiger partial charge in [0.05, 0.1) is 5.69 Å². The highest BCUT2D eigenvalue weighted by atomic mass is 16.1. The van der Waals surface area contributed by atoms with Crippen molar-refractivity contribution < 1.29 is 4.79 Å². The van der Waals surface area contributed by atoms with E-state index in [0.717, 1.165) is 28.9 Å². The van der Waals surface area contributed by atoms with E-state index in [1.165, 1.54) is 0 Å². The van der Waals surface area contributed by atoms with Gasteiger partial charge in [-0.3, -0.25) is 9.48 Å². The number of aryl methyl sites for hydroxylation is 2. The second-order valence-corrected chi connectivity index (χ2v) is 4.45. The molecule has 88 valence electrons. The highest BCUT2D eigenvalue weighted by molar-refractivity contribution is 5.81. The Kier molecular flexibility index (Phi) is 4.05. The van der Waals surface area contributed by atoms with E-state index in [-0.39, 0.29) is 5.78 Å². The van der Waals surface area contributed by atoms with Crippen molar-refractivity contribution in [3.8, 4) is 0 Å². The van der Waals surface area contributed by atoms with E-state index in [1.807, 2.05) is 32.5 Å². The topological polar surface area (TPSA) is 34.9 Å². The molecule has 0 unspecified atom stereocenters. The van der Waals surface area contributed by atoms with E-state index in [4.69, 9.17) is 0 Å². The van der Waals surface area contributed by atoms with Crippen molar-refractivity contribution in [1.29, 1.82) is 0 Å². The van der Waals surface area contributed by atoms with Crippen molar-refractivity contribution in [2.45, 2.75) is 40.0 Å². The number of hydrogen-bond acceptors (Lipinski definition) is 2. The van der Waals surface area contributed by atoms with E-state index >= 15 is 0 Å². The number of nitrogens with zero attached hydrogens (tertiary/aromatic N) is 2. The minimum atomic E-state index is 0.266. The van der Waals surface area contributed by atoms with Gasteiger partial charge in [0, 0.05) is 31.1 Å². The van der Waals surface area contributed by atoms with E-state index in [9.17, 15) is 4.79 Å².